The molecule has 3 aliphatic heterocycles. The molecule has 0 amide bonds. The van der Waals surface area contributed by atoms with Crippen LogP contribution in [0.15, 0.2) is 29.3 Å². The number of guanidine groups is 1. The first kappa shape index (κ1) is 23.5. The summed E-state index contributed by atoms with van der Waals surface area (Å²) in [6.07, 6.45) is 4.76. The third kappa shape index (κ3) is 5.19. The van der Waals surface area contributed by atoms with Crippen LogP contribution in [0.5, 0.6) is 0 Å². The van der Waals surface area contributed by atoms with Crippen molar-refractivity contribution in [3.8, 4) is 0 Å². The Bertz CT molecular complexity index is 699. The van der Waals surface area contributed by atoms with Crippen molar-refractivity contribution in [2.45, 2.75) is 31.2 Å². The third-order valence-electron chi connectivity index (χ3n) is 6.76. The van der Waals surface area contributed by atoms with E-state index in [2.05, 4.69) is 25.0 Å². The van der Waals surface area contributed by atoms with E-state index in [-0.39, 0.29) is 35.3 Å². The van der Waals surface area contributed by atoms with Crippen molar-refractivity contribution in [1.82, 2.24) is 15.1 Å². The Labute approximate surface area is 196 Å². The maximum atomic E-state index is 14.1. The van der Waals surface area contributed by atoms with Gasteiger partial charge >= 0.3 is 0 Å². The molecule has 3 fully saturated rings. The molecule has 30 heavy (non-hydrogen) atoms. The lowest BCUT2D eigenvalue weighted by atomic mass is 9.88. The van der Waals surface area contributed by atoms with E-state index in [1.807, 2.05) is 19.2 Å². The normalized spacial score (nSPS) is 22.7. The van der Waals surface area contributed by atoms with Gasteiger partial charge in [-0.15, -0.1) is 24.0 Å². The third-order valence-corrected chi connectivity index (χ3v) is 6.76. The smallest absolute Gasteiger partial charge is 0.193 e. The highest BCUT2D eigenvalue weighted by atomic mass is 127. The van der Waals surface area contributed by atoms with E-state index in [0.717, 1.165) is 64.7 Å². The Morgan fingerprint density at radius 3 is 2.37 bits per heavy atom. The summed E-state index contributed by atoms with van der Waals surface area (Å²) in [5.41, 5.74) is 0.880. The zero-order valence-electron chi connectivity index (χ0n) is 18.0. The van der Waals surface area contributed by atoms with Gasteiger partial charge in [0.2, 0.25) is 0 Å². The zero-order valence-corrected chi connectivity index (χ0v) is 20.3. The molecule has 0 saturated carbocycles. The Hall–Kier alpha value is -1.13. The van der Waals surface area contributed by atoms with Gasteiger partial charge in [0.05, 0.1) is 5.69 Å². The minimum Gasteiger partial charge on any atom is -0.381 e. The molecule has 6 nitrogen and oxygen atoms in total. The van der Waals surface area contributed by atoms with Gasteiger partial charge < -0.3 is 19.9 Å². The van der Waals surface area contributed by atoms with Crippen LogP contribution < -0.4 is 10.2 Å². The van der Waals surface area contributed by atoms with Crippen molar-refractivity contribution in [2.75, 3.05) is 71.0 Å². The van der Waals surface area contributed by atoms with Crippen LogP contribution in [0.3, 0.4) is 0 Å². The number of anilines is 1. The monoisotopic (exact) mass is 531 g/mol. The van der Waals surface area contributed by atoms with Gasteiger partial charge in [-0.25, -0.2) is 4.39 Å². The van der Waals surface area contributed by atoms with E-state index in [1.165, 1.54) is 32.0 Å². The van der Waals surface area contributed by atoms with Crippen LogP contribution in [-0.2, 0) is 4.74 Å². The van der Waals surface area contributed by atoms with Crippen LogP contribution >= 0.6 is 24.0 Å². The number of piperazine rings is 1. The van der Waals surface area contributed by atoms with E-state index in [0.29, 0.717) is 5.69 Å². The fraction of sp³-hybridized carbons (Fsp3) is 0.682. The molecule has 0 aliphatic carbocycles. The fourth-order valence-electron chi connectivity index (χ4n) is 4.99. The van der Waals surface area contributed by atoms with Crippen molar-refractivity contribution in [2.24, 2.45) is 4.99 Å². The lowest BCUT2D eigenvalue weighted by Crippen LogP contribution is -2.60. The Morgan fingerprint density at radius 1 is 1.07 bits per heavy atom. The number of likely N-dealkylation sites (tertiary alicyclic amines) is 1. The number of nitrogens with zero attached hydrogens (tertiary/aromatic N) is 4. The molecule has 1 aromatic carbocycles. The molecular weight excluding hydrogens is 496 g/mol. The number of aliphatic imine (C=N–C) groups is 1. The summed E-state index contributed by atoms with van der Waals surface area (Å²) in [6.45, 7) is 8.27. The summed E-state index contributed by atoms with van der Waals surface area (Å²) >= 11 is 0. The summed E-state index contributed by atoms with van der Waals surface area (Å²) < 4.78 is 19.8. The maximum absolute atomic E-state index is 14.1. The highest BCUT2D eigenvalue weighted by Crippen LogP contribution is 2.31. The van der Waals surface area contributed by atoms with Gasteiger partial charge in [0.25, 0.3) is 0 Å². The first-order chi connectivity index (χ1) is 14.2. The number of hydrogen-bond acceptors (Lipinski definition) is 4. The van der Waals surface area contributed by atoms with Gasteiger partial charge in [0.15, 0.2) is 5.96 Å². The molecule has 0 unspecified atom stereocenters. The van der Waals surface area contributed by atoms with E-state index in [9.17, 15) is 4.39 Å². The molecule has 1 N–H and O–H groups in total. The molecule has 0 bridgehead atoms. The number of nitrogens with one attached hydrogen (secondary N) is 1. The van der Waals surface area contributed by atoms with Gasteiger partial charge in [-0.3, -0.25) is 9.89 Å². The second-order valence-electron chi connectivity index (χ2n) is 8.36. The molecule has 0 aromatic heterocycles. The predicted octanol–water partition coefficient (Wildman–Crippen LogP) is 2.79. The van der Waals surface area contributed by atoms with Crippen LogP contribution in [0.4, 0.5) is 10.1 Å². The van der Waals surface area contributed by atoms with Crippen molar-refractivity contribution >= 4 is 35.6 Å². The van der Waals surface area contributed by atoms with Crippen molar-refractivity contribution in [3.63, 3.8) is 0 Å². The summed E-state index contributed by atoms with van der Waals surface area (Å²) in [5.74, 6) is 0.818. The van der Waals surface area contributed by atoms with Gasteiger partial charge in [0.1, 0.15) is 5.82 Å². The minimum atomic E-state index is -0.143. The second-order valence-corrected chi connectivity index (χ2v) is 8.36. The molecule has 8 heteroatoms. The van der Waals surface area contributed by atoms with E-state index >= 15 is 0 Å². The average Bonchev–Trinajstić information content (AvgIpc) is 3.32. The molecule has 3 saturated heterocycles. The molecule has 3 aliphatic rings. The number of ether oxygens (including phenoxy) is 1. The number of hydrogen-bond donors (Lipinski definition) is 1. The first-order valence-electron chi connectivity index (χ1n) is 11.0. The van der Waals surface area contributed by atoms with Crippen LogP contribution in [0.25, 0.3) is 0 Å². The molecular formula is C22H35FIN5O. The second kappa shape index (κ2) is 10.9. The van der Waals surface area contributed by atoms with Gasteiger partial charge in [-0.2, -0.15) is 0 Å². The van der Waals surface area contributed by atoms with Crippen LogP contribution in [0.1, 0.15) is 25.7 Å². The molecule has 0 atom stereocenters. The lowest BCUT2D eigenvalue weighted by molar-refractivity contribution is -0.0166. The first-order valence-corrected chi connectivity index (χ1v) is 11.0. The van der Waals surface area contributed by atoms with E-state index in [4.69, 9.17) is 4.74 Å². The van der Waals surface area contributed by atoms with Crippen LogP contribution in [0, 0.1) is 5.82 Å². The van der Waals surface area contributed by atoms with Gasteiger partial charge in [0, 0.05) is 58.5 Å². The van der Waals surface area contributed by atoms with Gasteiger partial charge in [-0.1, -0.05) is 12.1 Å². The fourth-order valence-corrected chi connectivity index (χ4v) is 4.99. The molecule has 1 aromatic rings. The number of para-hydroxylation sites is 1. The predicted molar refractivity (Wildman–Crippen MR) is 131 cm³/mol. The quantitative estimate of drug-likeness (QED) is 0.368. The number of halogens is 2. The van der Waals surface area contributed by atoms with Crippen molar-refractivity contribution in [1.29, 1.82) is 0 Å². The summed E-state index contributed by atoms with van der Waals surface area (Å²) in [5, 5.41) is 3.68. The van der Waals surface area contributed by atoms with Crippen LogP contribution in [0.2, 0.25) is 0 Å². The lowest BCUT2D eigenvalue weighted by Gasteiger charge is -2.45. The summed E-state index contributed by atoms with van der Waals surface area (Å²) in [7, 11) is 1.86. The standard InChI is InChI=1S/C22H34FN5O.HI/c1-24-21(25-18-22(8-16-29-17-9-22)28-10-4-5-11-28)27-14-12-26(13-15-27)20-7-3-2-6-19(20)23;/h2-3,6-7H,4-5,8-18H2,1H3,(H,24,25);1H. The van der Waals surface area contributed by atoms with E-state index in [1.54, 1.807) is 6.07 Å². The maximum Gasteiger partial charge on any atom is 0.193 e. The Balaban J connectivity index is 0.00000256. The average molecular weight is 531 g/mol. The molecule has 0 radical (unpaired) electrons. The van der Waals surface area contributed by atoms with Crippen LogP contribution in [-0.4, -0.2) is 87.4 Å². The molecule has 3 heterocycles. The molecule has 168 valence electrons. The number of rotatable bonds is 4. The Morgan fingerprint density at radius 2 is 1.73 bits per heavy atom. The van der Waals surface area contributed by atoms with Gasteiger partial charge in [-0.05, 0) is 50.9 Å². The summed E-state index contributed by atoms with van der Waals surface area (Å²) in [6, 6.07) is 7.04. The SMILES string of the molecule is CN=C(NCC1(N2CCCC2)CCOCC1)N1CCN(c2ccccc2F)CC1.I. The Kier molecular flexibility index (Phi) is 8.59. The number of benzene rings is 1. The summed E-state index contributed by atoms with van der Waals surface area (Å²) in [4.78, 5) is 11.7. The van der Waals surface area contributed by atoms with E-state index < -0.39 is 0 Å². The van der Waals surface area contributed by atoms with Crippen molar-refractivity contribution in [3.05, 3.63) is 30.1 Å². The highest BCUT2D eigenvalue weighted by molar-refractivity contribution is 14.0. The molecule has 4 rings (SSSR count). The highest BCUT2D eigenvalue weighted by Gasteiger charge is 2.40. The topological polar surface area (TPSA) is 43.3 Å². The molecule has 0 spiro atoms. The largest absolute Gasteiger partial charge is 0.381 e. The minimum absolute atomic E-state index is 0. The van der Waals surface area contributed by atoms with Crippen molar-refractivity contribution < 1.29 is 9.13 Å². The zero-order chi connectivity index (χ0) is 20.1.